The molecule has 1 saturated heterocycles. The molecule has 0 aliphatic carbocycles. The fourth-order valence-corrected chi connectivity index (χ4v) is 4.26. The van der Waals surface area contributed by atoms with E-state index in [1.807, 2.05) is 12.4 Å². The summed E-state index contributed by atoms with van der Waals surface area (Å²) in [4.78, 5) is 34.1. The number of aryl methyl sites for hydroxylation is 1. The Morgan fingerprint density at radius 1 is 1.17 bits per heavy atom. The first-order valence-electron chi connectivity index (χ1n) is 11.8. The van der Waals surface area contributed by atoms with Crippen molar-refractivity contribution in [3.63, 3.8) is 0 Å². The maximum Gasteiger partial charge on any atom is 0.280 e. The van der Waals surface area contributed by atoms with E-state index in [9.17, 15) is 4.79 Å². The van der Waals surface area contributed by atoms with Crippen LogP contribution in [0.3, 0.4) is 0 Å². The van der Waals surface area contributed by atoms with Crippen LogP contribution in [0.2, 0.25) is 5.15 Å². The molecule has 1 aliphatic heterocycles. The van der Waals surface area contributed by atoms with Crippen molar-refractivity contribution in [2.24, 2.45) is 16.6 Å². The molecule has 0 aromatic carbocycles. The summed E-state index contributed by atoms with van der Waals surface area (Å²) in [6.07, 6.45) is 12.8. The molecule has 194 valence electrons. The third kappa shape index (κ3) is 9.50. The summed E-state index contributed by atoms with van der Waals surface area (Å²) in [5.74, 6) is 1.09. The molecule has 0 bridgehead atoms. The maximum atomic E-state index is 12.2. The summed E-state index contributed by atoms with van der Waals surface area (Å²) in [7, 11) is 0. The summed E-state index contributed by atoms with van der Waals surface area (Å²) in [5, 5.41) is 2.36. The number of likely N-dealkylation sites (tertiary alicyclic amines) is 1. The molecule has 0 spiro atoms. The third-order valence-corrected chi connectivity index (χ3v) is 6.34. The summed E-state index contributed by atoms with van der Waals surface area (Å²) in [5.41, 5.74) is 16.9. The largest absolute Gasteiger partial charge is 0.382 e. The summed E-state index contributed by atoms with van der Waals surface area (Å²) >= 11 is 5.80. The lowest BCUT2D eigenvalue weighted by Crippen LogP contribution is -2.38. The Kier molecular flexibility index (Phi) is 12.0. The van der Waals surface area contributed by atoms with Crippen LogP contribution in [0.1, 0.15) is 61.3 Å². The van der Waals surface area contributed by atoms with Crippen molar-refractivity contribution in [1.29, 1.82) is 0 Å². The average molecular weight is 528 g/mol. The van der Waals surface area contributed by atoms with Gasteiger partial charge >= 0.3 is 0 Å². The number of nitrogens with zero attached hydrogens (tertiary/aromatic N) is 5. The first-order valence-corrected chi connectivity index (χ1v) is 12.2. The molecule has 0 unspecified atom stereocenters. The number of hydrogen-bond acceptors (Lipinski definition) is 8. The summed E-state index contributed by atoms with van der Waals surface area (Å²) < 4.78 is 0. The molecular formula is C22H36Cl2N10O. The van der Waals surface area contributed by atoms with Gasteiger partial charge in [-0.2, -0.15) is 0 Å². The first-order chi connectivity index (χ1) is 16.4. The Hall–Kier alpha value is -2.63. The molecule has 2 aromatic rings. The van der Waals surface area contributed by atoms with Crippen LogP contribution in [-0.2, 0) is 6.42 Å². The van der Waals surface area contributed by atoms with Gasteiger partial charge < -0.3 is 27.1 Å². The van der Waals surface area contributed by atoms with Gasteiger partial charge in [0, 0.05) is 25.4 Å². The number of halogens is 2. The standard InChI is InChI=1S/C22H35ClN10O.ClH/c23-18-20(25)31-19(24)17(30-18)21(34)32-22(26)29-9-3-1-5-15-7-13-33(14-8-15)12-4-2-6-16-27-10-11-28-16;/h10-11,15H,1-9,12-14H2,(H,27,28)(H4,24,25,31)(H3,26,29,32,34);1H. The van der Waals surface area contributed by atoms with E-state index >= 15 is 0 Å². The van der Waals surface area contributed by atoms with E-state index < -0.39 is 5.91 Å². The number of nitrogens with two attached hydrogens (primary N) is 3. The van der Waals surface area contributed by atoms with Crippen molar-refractivity contribution in [2.75, 3.05) is 37.6 Å². The molecule has 0 atom stereocenters. The minimum atomic E-state index is -0.624. The molecular weight excluding hydrogens is 491 g/mol. The number of aromatic nitrogens is 4. The lowest BCUT2D eigenvalue weighted by molar-refractivity contribution is 0.0972. The van der Waals surface area contributed by atoms with Gasteiger partial charge in [-0.15, -0.1) is 12.4 Å². The van der Waals surface area contributed by atoms with E-state index in [2.05, 4.69) is 35.1 Å². The highest BCUT2D eigenvalue weighted by Crippen LogP contribution is 2.23. The predicted octanol–water partition coefficient (Wildman–Crippen LogP) is 2.39. The number of piperidine rings is 1. The highest BCUT2D eigenvalue weighted by Gasteiger charge is 2.19. The number of unbranched alkanes of at least 4 members (excludes halogenated alkanes) is 2. The quantitative estimate of drug-likeness (QED) is 0.168. The second kappa shape index (κ2) is 14.7. The van der Waals surface area contributed by atoms with Crippen LogP contribution in [0.15, 0.2) is 17.4 Å². The van der Waals surface area contributed by atoms with E-state index in [-0.39, 0.29) is 40.8 Å². The molecule has 8 N–H and O–H groups in total. The van der Waals surface area contributed by atoms with Crippen molar-refractivity contribution in [3.8, 4) is 0 Å². The number of carbonyl (C=O) groups is 1. The van der Waals surface area contributed by atoms with Crippen LogP contribution < -0.4 is 22.5 Å². The number of amides is 1. The van der Waals surface area contributed by atoms with Crippen LogP contribution in [-0.4, -0.2) is 62.9 Å². The second-order valence-corrected chi connectivity index (χ2v) is 8.99. The number of H-pyrrole nitrogens is 1. The fraction of sp³-hybridized carbons (Fsp3) is 0.591. The van der Waals surface area contributed by atoms with Gasteiger partial charge in [0.2, 0.25) is 0 Å². The number of anilines is 2. The van der Waals surface area contributed by atoms with E-state index in [1.165, 1.54) is 51.7 Å². The van der Waals surface area contributed by atoms with Gasteiger partial charge in [0.25, 0.3) is 5.91 Å². The van der Waals surface area contributed by atoms with Gasteiger partial charge in [0.1, 0.15) is 5.82 Å². The number of aromatic amines is 1. The van der Waals surface area contributed by atoms with Gasteiger partial charge in [-0.05, 0) is 57.7 Å². The number of guanidine groups is 1. The zero-order valence-corrected chi connectivity index (χ0v) is 21.5. The van der Waals surface area contributed by atoms with Crippen molar-refractivity contribution in [3.05, 3.63) is 29.1 Å². The van der Waals surface area contributed by atoms with Gasteiger partial charge in [-0.3, -0.25) is 15.1 Å². The van der Waals surface area contributed by atoms with Gasteiger partial charge in [-0.25, -0.2) is 15.0 Å². The summed E-state index contributed by atoms with van der Waals surface area (Å²) in [6, 6.07) is 0. The zero-order valence-electron chi connectivity index (χ0n) is 19.9. The monoisotopic (exact) mass is 526 g/mol. The second-order valence-electron chi connectivity index (χ2n) is 8.63. The van der Waals surface area contributed by atoms with E-state index in [1.54, 1.807) is 0 Å². The molecule has 2 aromatic heterocycles. The van der Waals surface area contributed by atoms with Crippen molar-refractivity contribution in [1.82, 2.24) is 30.2 Å². The molecule has 0 radical (unpaired) electrons. The molecule has 3 rings (SSSR count). The Balaban J connectivity index is 0.00000432. The average Bonchev–Trinajstić information content (AvgIpc) is 3.33. The molecule has 35 heavy (non-hydrogen) atoms. The van der Waals surface area contributed by atoms with E-state index in [4.69, 9.17) is 28.8 Å². The van der Waals surface area contributed by atoms with Gasteiger partial charge in [0.15, 0.2) is 28.4 Å². The lowest BCUT2D eigenvalue weighted by Gasteiger charge is -2.32. The van der Waals surface area contributed by atoms with Crippen LogP contribution in [0, 0.1) is 5.92 Å². The topological polar surface area (TPSA) is 177 Å². The van der Waals surface area contributed by atoms with E-state index in [0.717, 1.165) is 31.0 Å². The number of nitrogen functional groups attached to an aromatic ring is 2. The van der Waals surface area contributed by atoms with Crippen LogP contribution >= 0.6 is 24.0 Å². The molecule has 3 heterocycles. The maximum absolute atomic E-state index is 12.2. The fourth-order valence-electron chi connectivity index (χ4n) is 4.13. The first kappa shape index (κ1) is 28.6. The number of imidazole rings is 1. The van der Waals surface area contributed by atoms with Crippen molar-refractivity contribution < 1.29 is 4.79 Å². The number of hydrogen-bond donors (Lipinski definition) is 5. The lowest BCUT2D eigenvalue weighted by atomic mass is 9.91. The van der Waals surface area contributed by atoms with Crippen LogP contribution in [0.25, 0.3) is 0 Å². The number of rotatable bonds is 11. The van der Waals surface area contributed by atoms with Crippen molar-refractivity contribution >= 4 is 47.5 Å². The number of aliphatic imine (C=N–C) groups is 1. The SMILES string of the molecule is Cl.NC(=NCCCCC1CCN(CCCCc2ncc[nH]2)CC1)NC(=O)c1nc(Cl)c(N)nc1N. The highest BCUT2D eigenvalue weighted by atomic mass is 35.5. The van der Waals surface area contributed by atoms with Crippen molar-refractivity contribution in [2.45, 2.75) is 51.4 Å². The molecule has 1 amide bonds. The smallest absolute Gasteiger partial charge is 0.280 e. The Labute approximate surface area is 217 Å². The van der Waals surface area contributed by atoms with Crippen LogP contribution in [0.5, 0.6) is 0 Å². The molecule has 13 heteroatoms. The Bertz CT molecular complexity index is 946. The molecule has 0 saturated carbocycles. The number of carbonyl (C=O) groups excluding carboxylic acids is 1. The Morgan fingerprint density at radius 3 is 2.66 bits per heavy atom. The predicted molar refractivity (Wildman–Crippen MR) is 142 cm³/mol. The zero-order chi connectivity index (χ0) is 24.3. The third-order valence-electron chi connectivity index (χ3n) is 6.06. The van der Waals surface area contributed by atoms with Gasteiger partial charge in [0.05, 0.1) is 0 Å². The normalized spacial score (nSPS) is 15.1. The minimum Gasteiger partial charge on any atom is -0.382 e. The molecule has 1 aliphatic rings. The number of nitrogens with one attached hydrogen (secondary N) is 2. The minimum absolute atomic E-state index is 0. The highest BCUT2D eigenvalue weighted by molar-refractivity contribution is 6.31. The summed E-state index contributed by atoms with van der Waals surface area (Å²) in [6.45, 7) is 4.09. The molecule has 11 nitrogen and oxygen atoms in total. The van der Waals surface area contributed by atoms with Crippen LogP contribution in [0.4, 0.5) is 11.6 Å². The Morgan fingerprint density at radius 2 is 1.94 bits per heavy atom. The van der Waals surface area contributed by atoms with E-state index in [0.29, 0.717) is 6.54 Å². The van der Waals surface area contributed by atoms with Gasteiger partial charge in [-0.1, -0.05) is 24.4 Å². The molecule has 1 fully saturated rings.